The Hall–Kier alpha value is -0.580. The van der Waals surface area contributed by atoms with Gasteiger partial charge >= 0.3 is 0 Å². The van der Waals surface area contributed by atoms with Crippen molar-refractivity contribution in [3.63, 3.8) is 0 Å². The van der Waals surface area contributed by atoms with Crippen LogP contribution in [-0.2, 0) is 0 Å². The van der Waals surface area contributed by atoms with E-state index in [2.05, 4.69) is 40.0 Å². The summed E-state index contributed by atoms with van der Waals surface area (Å²) in [4.78, 5) is 2.40. The summed E-state index contributed by atoms with van der Waals surface area (Å²) < 4.78 is 6.47. The minimum Gasteiger partial charge on any atom is -0.497 e. The number of methoxy groups -OCH3 is 1. The van der Waals surface area contributed by atoms with Crippen LogP contribution in [0.1, 0.15) is 24.4 Å². The Morgan fingerprint density at radius 2 is 2.28 bits per heavy atom. The van der Waals surface area contributed by atoms with Crippen LogP contribution >= 0.6 is 15.9 Å². The fraction of sp³-hybridized carbons (Fsp3) is 0.571. The molecule has 0 amide bonds. The van der Waals surface area contributed by atoms with Gasteiger partial charge in [0, 0.05) is 10.5 Å². The van der Waals surface area contributed by atoms with Crippen molar-refractivity contribution >= 4 is 15.9 Å². The van der Waals surface area contributed by atoms with Gasteiger partial charge in [0.25, 0.3) is 0 Å². The molecule has 3 nitrogen and oxygen atoms in total. The van der Waals surface area contributed by atoms with Gasteiger partial charge in [-0.2, -0.15) is 0 Å². The van der Waals surface area contributed by atoms with Crippen LogP contribution in [0.3, 0.4) is 0 Å². The summed E-state index contributed by atoms with van der Waals surface area (Å²) in [6.07, 6.45) is 2.44. The van der Waals surface area contributed by atoms with Crippen LogP contribution in [0.4, 0.5) is 0 Å². The smallest absolute Gasteiger partial charge is 0.119 e. The average molecular weight is 313 g/mol. The Labute approximate surface area is 117 Å². The number of benzene rings is 1. The topological polar surface area (TPSA) is 38.5 Å². The number of rotatable bonds is 3. The van der Waals surface area contributed by atoms with Crippen LogP contribution in [0.2, 0.25) is 0 Å². The second-order valence-electron chi connectivity index (χ2n) is 4.95. The number of hydrogen-bond donors (Lipinski definition) is 1. The maximum Gasteiger partial charge on any atom is 0.119 e. The fourth-order valence-corrected chi connectivity index (χ4v) is 3.35. The summed E-state index contributed by atoms with van der Waals surface area (Å²) in [7, 11) is 3.89. The molecular formula is C14H21BrN2O. The van der Waals surface area contributed by atoms with E-state index in [9.17, 15) is 0 Å². The lowest BCUT2D eigenvalue weighted by Gasteiger charge is -2.39. The van der Waals surface area contributed by atoms with E-state index in [0.29, 0.717) is 12.0 Å². The number of nitrogens with zero attached hydrogens (tertiary/aromatic N) is 1. The molecule has 1 fully saturated rings. The van der Waals surface area contributed by atoms with E-state index in [-0.39, 0.29) is 0 Å². The van der Waals surface area contributed by atoms with Crippen LogP contribution in [0.25, 0.3) is 0 Å². The molecular weight excluding hydrogens is 292 g/mol. The number of nitrogens with two attached hydrogens (primary N) is 1. The number of hydrogen-bond acceptors (Lipinski definition) is 3. The predicted molar refractivity (Wildman–Crippen MR) is 77.8 cm³/mol. The van der Waals surface area contributed by atoms with Gasteiger partial charge in [0.2, 0.25) is 0 Å². The van der Waals surface area contributed by atoms with E-state index in [1.54, 1.807) is 7.11 Å². The van der Waals surface area contributed by atoms with Crippen LogP contribution in [0, 0.1) is 5.92 Å². The molecule has 1 aliphatic rings. The third-order valence-electron chi connectivity index (χ3n) is 3.83. The molecule has 0 bridgehead atoms. The van der Waals surface area contributed by atoms with Crippen molar-refractivity contribution in [2.75, 3.05) is 27.2 Å². The van der Waals surface area contributed by atoms with E-state index in [0.717, 1.165) is 23.3 Å². The zero-order valence-electron chi connectivity index (χ0n) is 11.0. The second kappa shape index (κ2) is 6.04. The Bertz CT molecular complexity index is 411. The van der Waals surface area contributed by atoms with Crippen LogP contribution in [0.15, 0.2) is 22.7 Å². The highest BCUT2D eigenvalue weighted by Crippen LogP contribution is 2.39. The van der Waals surface area contributed by atoms with Crippen molar-refractivity contribution in [2.24, 2.45) is 11.7 Å². The predicted octanol–water partition coefficient (Wildman–Crippen LogP) is 2.80. The van der Waals surface area contributed by atoms with E-state index in [4.69, 9.17) is 10.5 Å². The Balaban J connectivity index is 2.37. The molecule has 2 rings (SSSR count). The van der Waals surface area contributed by atoms with E-state index >= 15 is 0 Å². The van der Waals surface area contributed by atoms with Gasteiger partial charge < -0.3 is 10.5 Å². The Kier molecular flexibility index (Phi) is 4.65. The van der Waals surface area contributed by atoms with Crippen molar-refractivity contribution in [1.82, 2.24) is 4.90 Å². The molecule has 0 radical (unpaired) electrons. The minimum atomic E-state index is 0.383. The van der Waals surface area contributed by atoms with Crippen LogP contribution < -0.4 is 10.5 Å². The lowest BCUT2D eigenvalue weighted by atomic mass is 9.85. The van der Waals surface area contributed by atoms with E-state index < -0.39 is 0 Å². The largest absolute Gasteiger partial charge is 0.497 e. The normalized spacial score (nSPS) is 25.1. The van der Waals surface area contributed by atoms with Crippen molar-refractivity contribution < 1.29 is 4.74 Å². The number of likely N-dealkylation sites (tertiary alicyclic amines) is 1. The van der Waals surface area contributed by atoms with Gasteiger partial charge in [-0.3, -0.25) is 4.90 Å². The third kappa shape index (κ3) is 2.71. The summed E-state index contributed by atoms with van der Waals surface area (Å²) >= 11 is 3.66. The third-order valence-corrected chi connectivity index (χ3v) is 4.55. The van der Waals surface area contributed by atoms with E-state index in [1.807, 2.05) is 6.07 Å². The Morgan fingerprint density at radius 3 is 2.94 bits per heavy atom. The van der Waals surface area contributed by atoms with Gasteiger partial charge in [0.1, 0.15) is 5.75 Å². The number of halogens is 1. The standard InChI is InChI=1S/C14H21BrN2O/c1-17-7-3-4-10(9-16)14(17)12-8-11(18-2)5-6-13(12)15/h5-6,8,10,14H,3-4,7,9,16H2,1-2H3. The molecule has 2 atom stereocenters. The second-order valence-corrected chi connectivity index (χ2v) is 5.81. The molecule has 0 saturated carbocycles. The summed E-state index contributed by atoms with van der Waals surface area (Å²) in [5.74, 6) is 1.43. The fourth-order valence-electron chi connectivity index (χ4n) is 2.87. The van der Waals surface area contributed by atoms with Gasteiger partial charge in [0.15, 0.2) is 0 Å². The molecule has 2 N–H and O–H groups in total. The highest BCUT2D eigenvalue weighted by atomic mass is 79.9. The van der Waals surface area contributed by atoms with Gasteiger partial charge in [0.05, 0.1) is 7.11 Å². The highest BCUT2D eigenvalue weighted by Gasteiger charge is 2.31. The molecule has 1 saturated heterocycles. The minimum absolute atomic E-state index is 0.383. The van der Waals surface area contributed by atoms with Crippen LogP contribution in [-0.4, -0.2) is 32.1 Å². The molecule has 1 aromatic rings. The zero-order valence-corrected chi connectivity index (χ0v) is 12.6. The van der Waals surface area contributed by atoms with Crippen molar-refractivity contribution in [3.05, 3.63) is 28.2 Å². The van der Waals surface area contributed by atoms with Gasteiger partial charge in [-0.1, -0.05) is 15.9 Å². The van der Waals surface area contributed by atoms with Gasteiger partial charge in [-0.25, -0.2) is 0 Å². The van der Waals surface area contributed by atoms with Gasteiger partial charge in [-0.05, 0) is 62.7 Å². The molecule has 4 heteroatoms. The maximum absolute atomic E-state index is 5.94. The maximum atomic E-state index is 5.94. The average Bonchev–Trinajstić information content (AvgIpc) is 2.39. The van der Waals surface area contributed by atoms with Crippen molar-refractivity contribution in [3.8, 4) is 5.75 Å². The molecule has 1 aromatic carbocycles. The first-order valence-electron chi connectivity index (χ1n) is 6.41. The Morgan fingerprint density at radius 1 is 1.50 bits per heavy atom. The van der Waals surface area contributed by atoms with Gasteiger partial charge in [-0.15, -0.1) is 0 Å². The molecule has 100 valence electrons. The first-order valence-corrected chi connectivity index (χ1v) is 7.20. The SMILES string of the molecule is COc1ccc(Br)c(C2C(CN)CCCN2C)c1. The molecule has 18 heavy (non-hydrogen) atoms. The molecule has 1 aliphatic heterocycles. The van der Waals surface area contributed by atoms with Crippen molar-refractivity contribution in [1.29, 1.82) is 0 Å². The molecule has 0 aromatic heterocycles. The first-order chi connectivity index (χ1) is 8.67. The summed E-state index contributed by atoms with van der Waals surface area (Å²) in [5.41, 5.74) is 7.22. The number of ether oxygens (including phenoxy) is 1. The monoisotopic (exact) mass is 312 g/mol. The molecule has 0 aliphatic carbocycles. The van der Waals surface area contributed by atoms with E-state index in [1.165, 1.54) is 18.4 Å². The lowest BCUT2D eigenvalue weighted by Crippen LogP contribution is -2.39. The lowest BCUT2D eigenvalue weighted by molar-refractivity contribution is 0.124. The van der Waals surface area contributed by atoms with Crippen LogP contribution in [0.5, 0.6) is 5.75 Å². The summed E-state index contributed by atoms with van der Waals surface area (Å²) in [6.45, 7) is 1.86. The number of piperidine rings is 1. The first kappa shape index (κ1) is 13.8. The highest BCUT2D eigenvalue weighted by molar-refractivity contribution is 9.10. The molecule has 0 spiro atoms. The quantitative estimate of drug-likeness (QED) is 0.932. The summed E-state index contributed by atoms with van der Waals surface area (Å²) in [5, 5.41) is 0. The van der Waals surface area contributed by atoms with Crippen molar-refractivity contribution in [2.45, 2.75) is 18.9 Å². The molecule has 1 heterocycles. The summed E-state index contributed by atoms with van der Waals surface area (Å²) in [6, 6.07) is 6.55. The zero-order chi connectivity index (χ0) is 13.1. The molecule has 2 unspecified atom stereocenters.